The van der Waals surface area contributed by atoms with Crippen LogP contribution < -0.4 is 5.32 Å². The maximum absolute atomic E-state index is 12.5. The maximum Gasteiger partial charge on any atom is 0.244 e. The van der Waals surface area contributed by atoms with Gasteiger partial charge in [0.25, 0.3) is 0 Å². The summed E-state index contributed by atoms with van der Waals surface area (Å²) < 4.78 is 1.99. The number of anilines is 1. The highest BCUT2D eigenvalue weighted by molar-refractivity contribution is 5.92. The number of carbonyl (C=O) groups is 1. The number of hydrogen-bond acceptors (Lipinski definition) is 2. The molecule has 4 heteroatoms. The summed E-state index contributed by atoms with van der Waals surface area (Å²) in [4.78, 5) is 17.1. The van der Waals surface area contributed by atoms with Gasteiger partial charge < -0.3 is 9.88 Å². The lowest BCUT2D eigenvalue weighted by Gasteiger charge is -2.11. The second-order valence-corrected chi connectivity index (χ2v) is 5.82. The monoisotopic (exact) mass is 307 g/mol. The van der Waals surface area contributed by atoms with Gasteiger partial charge in [0.15, 0.2) is 0 Å². The Morgan fingerprint density at radius 2 is 1.96 bits per heavy atom. The third-order valence-electron chi connectivity index (χ3n) is 4.01. The normalized spacial score (nSPS) is 10.9. The van der Waals surface area contributed by atoms with E-state index in [0.29, 0.717) is 0 Å². The van der Waals surface area contributed by atoms with E-state index in [1.165, 1.54) is 5.56 Å². The van der Waals surface area contributed by atoms with Crippen molar-refractivity contribution in [1.29, 1.82) is 0 Å². The number of imidazole rings is 1. The third kappa shape index (κ3) is 3.11. The Kier molecular flexibility index (Phi) is 4.15. The predicted octanol–water partition coefficient (Wildman–Crippen LogP) is 3.85. The highest BCUT2D eigenvalue weighted by Gasteiger charge is 2.13. The summed E-state index contributed by atoms with van der Waals surface area (Å²) in [6, 6.07) is 14.0. The number of carbonyl (C=O) groups excluding carboxylic acids is 1. The van der Waals surface area contributed by atoms with Crippen LogP contribution in [0, 0.1) is 13.8 Å². The molecule has 1 aromatic heterocycles. The standard InChI is InChI=1S/C19H21N3O/c1-4-18-20-16-7-5-6-8-17(16)22(18)12-19(23)21-15-10-9-13(2)11-14(15)3/h5-11H,4,12H2,1-3H3,(H,21,23). The highest BCUT2D eigenvalue weighted by Crippen LogP contribution is 2.18. The van der Waals surface area contributed by atoms with Crippen molar-refractivity contribution in [2.75, 3.05) is 5.32 Å². The molecule has 0 bridgehead atoms. The van der Waals surface area contributed by atoms with E-state index in [1.807, 2.05) is 54.8 Å². The predicted molar refractivity (Wildman–Crippen MR) is 93.7 cm³/mol. The molecule has 118 valence electrons. The first-order chi connectivity index (χ1) is 11.1. The Hall–Kier alpha value is -2.62. The number of hydrogen-bond donors (Lipinski definition) is 1. The molecule has 1 N–H and O–H groups in total. The number of fused-ring (bicyclic) bond motifs is 1. The molecule has 3 aromatic rings. The van der Waals surface area contributed by atoms with Crippen molar-refractivity contribution in [3.8, 4) is 0 Å². The second-order valence-electron chi connectivity index (χ2n) is 5.82. The average Bonchev–Trinajstić information content (AvgIpc) is 2.88. The summed E-state index contributed by atoms with van der Waals surface area (Å²) in [5, 5.41) is 3.00. The lowest BCUT2D eigenvalue weighted by molar-refractivity contribution is -0.116. The summed E-state index contributed by atoms with van der Waals surface area (Å²) >= 11 is 0. The fourth-order valence-corrected chi connectivity index (χ4v) is 2.86. The number of benzene rings is 2. The molecule has 0 aliphatic rings. The molecule has 1 amide bonds. The number of aryl methyl sites for hydroxylation is 3. The molecule has 0 aliphatic heterocycles. The van der Waals surface area contributed by atoms with E-state index in [0.717, 1.165) is 34.5 Å². The molecule has 0 aliphatic carbocycles. The molecular weight excluding hydrogens is 286 g/mol. The number of nitrogens with one attached hydrogen (secondary N) is 1. The van der Waals surface area contributed by atoms with Gasteiger partial charge in [-0.1, -0.05) is 36.8 Å². The minimum absolute atomic E-state index is 0.0326. The van der Waals surface area contributed by atoms with Crippen molar-refractivity contribution in [2.45, 2.75) is 33.7 Å². The van der Waals surface area contributed by atoms with Crippen LogP contribution in [0.3, 0.4) is 0 Å². The average molecular weight is 307 g/mol. The molecule has 0 atom stereocenters. The van der Waals surface area contributed by atoms with Gasteiger partial charge in [0, 0.05) is 12.1 Å². The number of rotatable bonds is 4. The van der Waals surface area contributed by atoms with Crippen LogP contribution in [0.1, 0.15) is 23.9 Å². The van der Waals surface area contributed by atoms with Crippen molar-refractivity contribution in [3.05, 3.63) is 59.4 Å². The molecule has 1 heterocycles. The first kappa shape index (κ1) is 15.3. The van der Waals surface area contributed by atoms with Crippen molar-refractivity contribution in [3.63, 3.8) is 0 Å². The highest BCUT2D eigenvalue weighted by atomic mass is 16.1. The number of para-hydroxylation sites is 2. The second kappa shape index (κ2) is 6.24. The maximum atomic E-state index is 12.5. The molecule has 0 fully saturated rings. The van der Waals surface area contributed by atoms with Gasteiger partial charge in [0.1, 0.15) is 12.4 Å². The van der Waals surface area contributed by atoms with Gasteiger partial charge in [0.2, 0.25) is 5.91 Å². The summed E-state index contributed by atoms with van der Waals surface area (Å²) in [5.74, 6) is 0.900. The molecule has 0 saturated carbocycles. The van der Waals surface area contributed by atoms with E-state index < -0.39 is 0 Å². The molecule has 23 heavy (non-hydrogen) atoms. The van der Waals surface area contributed by atoms with Crippen molar-refractivity contribution in [2.24, 2.45) is 0 Å². The van der Waals surface area contributed by atoms with E-state index in [4.69, 9.17) is 0 Å². The van der Waals surface area contributed by atoms with Crippen LogP contribution in [0.15, 0.2) is 42.5 Å². The van der Waals surface area contributed by atoms with Gasteiger partial charge in [-0.15, -0.1) is 0 Å². The van der Waals surface area contributed by atoms with E-state index in [9.17, 15) is 4.79 Å². The van der Waals surface area contributed by atoms with Crippen LogP contribution >= 0.6 is 0 Å². The SMILES string of the molecule is CCc1nc2ccccc2n1CC(=O)Nc1ccc(C)cc1C. The number of nitrogens with zero attached hydrogens (tertiary/aromatic N) is 2. The topological polar surface area (TPSA) is 46.9 Å². The third-order valence-corrected chi connectivity index (χ3v) is 4.01. The van der Waals surface area contributed by atoms with Gasteiger partial charge in [-0.05, 0) is 37.6 Å². The van der Waals surface area contributed by atoms with Crippen molar-refractivity contribution >= 4 is 22.6 Å². The van der Waals surface area contributed by atoms with Crippen LogP contribution in [0.5, 0.6) is 0 Å². The molecule has 2 aromatic carbocycles. The Morgan fingerprint density at radius 3 is 2.70 bits per heavy atom. The molecular formula is C19H21N3O. The van der Waals surface area contributed by atoms with E-state index >= 15 is 0 Å². The van der Waals surface area contributed by atoms with Gasteiger partial charge in [-0.2, -0.15) is 0 Å². The molecule has 0 saturated heterocycles. The van der Waals surface area contributed by atoms with Gasteiger partial charge >= 0.3 is 0 Å². The Bertz CT molecular complexity index is 864. The van der Waals surface area contributed by atoms with Crippen LogP contribution in [0.2, 0.25) is 0 Å². The molecule has 3 rings (SSSR count). The summed E-state index contributed by atoms with van der Waals surface area (Å²) in [5.41, 5.74) is 5.06. The molecule has 0 spiro atoms. The zero-order chi connectivity index (χ0) is 16.4. The van der Waals surface area contributed by atoms with E-state index in [-0.39, 0.29) is 12.5 Å². The smallest absolute Gasteiger partial charge is 0.244 e. The zero-order valence-electron chi connectivity index (χ0n) is 13.8. The van der Waals surface area contributed by atoms with Gasteiger partial charge in [0.05, 0.1) is 11.0 Å². The minimum atomic E-state index is -0.0326. The van der Waals surface area contributed by atoms with Crippen molar-refractivity contribution < 1.29 is 4.79 Å². The quantitative estimate of drug-likeness (QED) is 0.795. The Labute approximate surface area is 136 Å². The fourth-order valence-electron chi connectivity index (χ4n) is 2.86. The summed E-state index contributed by atoms with van der Waals surface area (Å²) in [7, 11) is 0. The summed E-state index contributed by atoms with van der Waals surface area (Å²) in [6.07, 6.45) is 0.797. The number of amides is 1. The zero-order valence-corrected chi connectivity index (χ0v) is 13.8. The largest absolute Gasteiger partial charge is 0.324 e. The van der Waals surface area contributed by atoms with E-state index in [2.05, 4.69) is 23.3 Å². The minimum Gasteiger partial charge on any atom is -0.324 e. The van der Waals surface area contributed by atoms with Crippen LogP contribution in [-0.4, -0.2) is 15.5 Å². The van der Waals surface area contributed by atoms with Crippen LogP contribution in [0.25, 0.3) is 11.0 Å². The van der Waals surface area contributed by atoms with Gasteiger partial charge in [-0.3, -0.25) is 4.79 Å². The van der Waals surface area contributed by atoms with Crippen molar-refractivity contribution in [1.82, 2.24) is 9.55 Å². The van der Waals surface area contributed by atoms with E-state index in [1.54, 1.807) is 0 Å². The first-order valence-electron chi connectivity index (χ1n) is 7.89. The lowest BCUT2D eigenvalue weighted by atomic mass is 10.1. The molecule has 0 unspecified atom stereocenters. The Morgan fingerprint density at radius 1 is 1.17 bits per heavy atom. The molecule has 0 radical (unpaired) electrons. The number of aromatic nitrogens is 2. The first-order valence-corrected chi connectivity index (χ1v) is 7.89. The Balaban J connectivity index is 1.85. The van der Waals surface area contributed by atoms with Gasteiger partial charge in [-0.25, -0.2) is 4.98 Å². The van der Waals surface area contributed by atoms with Crippen LogP contribution in [0.4, 0.5) is 5.69 Å². The fraction of sp³-hybridized carbons (Fsp3) is 0.263. The summed E-state index contributed by atoms with van der Waals surface area (Å²) in [6.45, 7) is 6.38. The molecule has 4 nitrogen and oxygen atoms in total. The van der Waals surface area contributed by atoms with Crippen LogP contribution in [-0.2, 0) is 17.8 Å². The lowest BCUT2D eigenvalue weighted by Crippen LogP contribution is -2.20.